The molecule has 1 aromatic heterocycles. The zero-order chi connectivity index (χ0) is 10.1. The van der Waals surface area contributed by atoms with Crippen molar-refractivity contribution < 1.29 is 4.42 Å². The fourth-order valence-corrected chi connectivity index (χ4v) is 1.51. The number of hydrogen-bond acceptors (Lipinski definition) is 3. The van der Waals surface area contributed by atoms with E-state index in [0.29, 0.717) is 12.1 Å². The van der Waals surface area contributed by atoms with Gasteiger partial charge in [0.15, 0.2) is 5.58 Å². The third-order valence-corrected chi connectivity index (χ3v) is 2.30. The van der Waals surface area contributed by atoms with Crippen molar-refractivity contribution in [2.75, 3.05) is 6.54 Å². The Morgan fingerprint density at radius 1 is 1.50 bits per heavy atom. The van der Waals surface area contributed by atoms with E-state index in [0.717, 1.165) is 5.52 Å². The standard InChI is InChI=1S/C10H12N2O2/c1-7(6-11)12-8-4-2-3-5-9(8)14-10(12)13/h2-5,7H,6,11H2,1H3. The van der Waals surface area contributed by atoms with Crippen molar-refractivity contribution in [3.8, 4) is 0 Å². The van der Waals surface area contributed by atoms with Gasteiger partial charge < -0.3 is 10.2 Å². The lowest BCUT2D eigenvalue weighted by atomic mass is 10.3. The maximum absolute atomic E-state index is 11.5. The molecule has 0 spiro atoms. The van der Waals surface area contributed by atoms with E-state index in [2.05, 4.69) is 0 Å². The zero-order valence-corrected chi connectivity index (χ0v) is 7.93. The summed E-state index contributed by atoms with van der Waals surface area (Å²) < 4.78 is 6.65. The molecule has 1 heterocycles. The number of benzene rings is 1. The van der Waals surface area contributed by atoms with Gasteiger partial charge in [-0.15, -0.1) is 0 Å². The molecule has 1 aromatic carbocycles. The number of para-hydroxylation sites is 2. The van der Waals surface area contributed by atoms with Crippen molar-refractivity contribution in [3.63, 3.8) is 0 Å². The van der Waals surface area contributed by atoms with E-state index in [-0.39, 0.29) is 11.8 Å². The molecule has 0 saturated heterocycles. The van der Waals surface area contributed by atoms with Gasteiger partial charge in [0, 0.05) is 12.6 Å². The van der Waals surface area contributed by atoms with Crippen LogP contribution in [0.1, 0.15) is 13.0 Å². The SMILES string of the molecule is CC(CN)n1c(=O)oc2ccccc21. The van der Waals surface area contributed by atoms with E-state index in [4.69, 9.17) is 10.2 Å². The van der Waals surface area contributed by atoms with Gasteiger partial charge in [0.25, 0.3) is 0 Å². The Kier molecular flexibility index (Phi) is 2.13. The van der Waals surface area contributed by atoms with Gasteiger partial charge in [0.05, 0.1) is 5.52 Å². The van der Waals surface area contributed by atoms with Crippen LogP contribution in [0.4, 0.5) is 0 Å². The predicted octanol–water partition coefficient (Wildman–Crippen LogP) is 1.11. The maximum Gasteiger partial charge on any atom is 0.420 e. The molecule has 0 aliphatic heterocycles. The lowest BCUT2D eigenvalue weighted by Gasteiger charge is -2.08. The van der Waals surface area contributed by atoms with Crippen molar-refractivity contribution in [2.45, 2.75) is 13.0 Å². The first-order chi connectivity index (χ1) is 6.74. The van der Waals surface area contributed by atoms with Gasteiger partial charge in [-0.2, -0.15) is 0 Å². The summed E-state index contributed by atoms with van der Waals surface area (Å²) in [5.41, 5.74) is 6.93. The highest BCUT2D eigenvalue weighted by molar-refractivity contribution is 5.72. The molecule has 0 saturated carbocycles. The molecular formula is C10H12N2O2. The van der Waals surface area contributed by atoms with Gasteiger partial charge in [0.2, 0.25) is 0 Å². The summed E-state index contributed by atoms with van der Waals surface area (Å²) >= 11 is 0. The second-order valence-corrected chi connectivity index (χ2v) is 3.29. The van der Waals surface area contributed by atoms with Crippen molar-refractivity contribution >= 4 is 11.1 Å². The molecule has 0 radical (unpaired) electrons. The summed E-state index contributed by atoms with van der Waals surface area (Å²) in [5.74, 6) is -0.343. The fourth-order valence-electron chi connectivity index (χ4n) is 1.51. The van der Waals surface area contributed by atoms with Gasteiger partial charge >= 0.3 is 5.76 Å². The molecule has 2 aromatic rings. The second-order valence-electron chi connectivity index (χ2n) is 3.29. The van der Waals surface area contributed by atoms with Crippen molar-refractivity contribution in [1.82, 2.24) is 4.57 Å². The Bertz CT molecular complexity index is 498. The number of fused-ring (bicyclic) bond motifs is 1. The van der Waals surface area contributed by atoms with Crippen LogP contribution >= 0.6 is 0 Å². The summed E-state index contributed by atoms with van der Waals surface area (Å²) in [6.07, 6.45) is 0. The van der Waals surface area contributed by atoms with E-state index in [1.54, 1.807) is 10.6 Å². The third kappa shape index (κ3) is 1.24. The third-order valence-electron chi connectivity index (χ3n) is 2.30. The van der Waals surface area contributed by atoms with Gasteiger partial charge in [-0.1, -0.05) is 12.1 Å². The highest BCUT2D eigenvalue weighted by Crippen LogP contribution is 2.15. The monoisotopic (exact) mass is 192 g/mol. The Balaban J connectivity index is 2.74. The molecule has 2 N–H and O–H groups in total. The number of nitrogens with zero attached hydrogens (tertiary/aromatic N) is 1. The van der Waals surface area contributed by atoms with E-state index in [1.165, 1.54) is 0 Å². The molecule has 0 aliphatic rings. The molecule has 0 aliphatic carbocycles. The van der Waals surface area contributed by atoms with Crippen LogP contribution < -0.4 is 11.5 Å². The molecule has 0 bridgehead atoms. The minimum Gasteiger partial charge on any atom is -0.408 e. The Morgan fingerprint density at radius 2 is 2.21 bits per heavy atom. The number of hydrogen-bond donors (Lipinski definition) is 1. The van der Waals surface area contributed by atoms with E-state index < -0.39 is 0 Å². The summed E-state index contributed by atoms with van der Waals surface area (Å²) in [4.78, 5) is 11.5. The van der Waals surface area contributed by atoms with E-state index in [9.17, 15) is 4.79 Å². The Labute approximate surface area is 80.9 Å². The van der Waals surface area contributed by atoms with Crippen LogP contribution in [0.25, 0.3) is 11.1 Å². The molecule has 4 heteroatoms. The molecule has 2 rings (SSSR count). The first-order valence-electron chi connectivity index (χ1n) is 4.54. The highest BCUT2D eigenvalue weighted by atomic mass is 16.4. The quantitative estimate of drug-likeness (QED) is 0.775. The fraction of sp³-hybridized carbons (Fsp3) is 0.300. The number of aromatic nitrogens is 1. The van der Waals surface area contributed by atoms with Crippen LogP contribution in [0, 0.1) is 0 Å². The van der Waals surface area contributed by atoms with Gasteiger partial charge in [-0.3, -0.25) is 4.57 Å². The van der Waals surface area contributed by atoms with Gasteiger partial charge in [-0.05, 0) is 19.1 Å². The van der Waals surface area contributed by atoms with Crippen LogP contribution in [0.2, 0.25) is 0 Å². The van der Waals surface area contributed by atoms with Crippen molar-refractivity contribution in [1.29, 1.82) is 0 Å². The molecule has 0 fully saturated rings. The molecule has 74 valence electrons. The van der Waals surface area contributed by atoms with Crippen molar-refractivity contribution in [3.05, 3.63) is 34.8 Å². The molecule has 14 heavy (non-hydrogen) atoms. The van der Waals surface area contributed by atoms with Gasteiger partial charge in [0.1, 0.15) is 0 Å². The molecule has 1 unspecified atom stereocenters. The second kappa shape index (κ2) is 3.31. The summed E-state index contributed by atoms with van der Waals surface area (Å²) in [7, 11) is 0. The van der Waals surface area contributed by atoms with Crippen LogP contribution in [0.15, 0.2) is 33.5 Å². The predicted molar refractivity (Wildman–Crippen MR) is 54.2 cm³/mol. The summed E-state index contributed by atoms with van der Waals surface area (Å²) in [6, 6.07) is 7.30. The summed E-state index contributed by atoms with van der Waals surface area (Å²) in [5, 5.41) is 0. The average molecular weight is 192 g/mol. The average Bonchev–Trinajstić information content (AvgIpc) is 2.53. The zero-order valence-electron chi connectivity index (χ0n) is 7.93. The van der Waals surface area contributed by atoms with E-state index >= 15 is 0 Å². The highest BCUT2D eigenvalue weighted by Gasteiger charge is 2.12. The first-order valence-corrected chi connectivity index (χ1v) is 4.54. The number of oxazole rings is 1. The number of nitrogens with two attached hydrogens (primary N) is 1. The molecule has 0 amide bonds. The van der Waals surface area contributed by atoms with Crippen molar-refractivity contribution in [2.24, 2.45) is 5.73 Å². The molecule has 1 atom stereocenters. The Hall–Kier alpha value is -1.55. The van der Waals surface area contributed by atoms with Crippen LogP contribution in [-0.2, 0) is 0 Å². The summed E-state index contributed by atoms with van der Waals surface area (Å²) in [6.45, 7) is 2.31. The maximum atomic E-state index is 11.5. The minimum atomic E-state index is -0.343. The van der Waals surface area contributed by atoms with Crippen LogP contribution in [0.5, 0.6) is 0 Å². The van der Waals surface area contributed by atoms with Crippen LogP contribution in [0.3, 0.4) is 0 Å². The normalized spacial score (nSPS) is 13.3. The lowest BCUT2D eigenvalue weighted by molar-refractivity contribution is 0.464. The lowest BCUT2D eigenvalue weighted by Crippen LogP contribution is -2.24. The van der Waals surface area contributed by atoms with Gasteiger partial charge in [-0.25, -0.2) is 4.79 Å². The van der Waals surface area contributed by atoms with Crippen LogP contribution in [-0.4, -0.2) is 11.1 Å². The minimum absolute atomic E-state index is 0.0360. The largest absolute Gasteiger partial charge is 0.420 e. The first kappa shape index (κ1) is 9.02. The number of rotatable bonds is 2. The molecular weight excluding hydrogens is 180 g/mol. The smallest absolute Gasteiger partial charge is 0.408 e. The Morgan fingerprint density at radius 3 is 2.93 bits per heavy atom. The molecule has 4 nitrogen and oxygen atoms in total. The van der Waals surface area contributed by atoms with E-state index in [1.807, 2.05) is 25.1 Å². The topological polar surface area (TPSA) is 61.2 Å².